The lowest BCUT2D eigenvalue weighted by atomic mass is 10.1. The molecule has 2 aliphatic heterocycles. The monoisotopic (exact) mass is 365 g/mol. The van der Waals surface area contributed by atoms with Crippen LogP contribution in [0, 0.1) is 5.21 Å². The molecule has 1 atom stereocenters. The van der Waals surface area contributed by atoms with Crippen molar-refractivity contribution < 1.29 is 15.2 Å². The van der Waals surface area contributed by atoms with E-state index in [1.807, 2.05) is 0 Å². The zero-order valence-electron chi connectivity index (χ0n) is 13.1. The van der Waals surface area contributed by atoms with Crippen molar-refractivity contribution in [3.05, 3.63) is 39.9 Å². The minimum Gasteiger partial charge on any atom is -0.595 e. The normalized spacial score (nSPS) is 22.4. The molecule has 6 nitrogen and oxygen atoms in total. The van der Waals surface area contributed by atoms with Crippen LogP contribution in [0.2, 0.25) is 0 Å². The highest BCUT2D eigenvalue weighted by Gasteiger charge is 2.33. The fourth-order valence-electron chi connectivity index (χ4n) is 2.80. The van der Waals surface area contributed by atoms with Gasteiger partial charge in [0, 0.05) is 12.1 Å². The van der Waals surface area contributed by atoms with Gasteiger partial charge in [-0.3, -0.25) is 14.6 Å². The highest BCUT2D eigenvalue weighted by molar-refractivity contribution is 8.26. The largest absolute Gasteiger partial charge is 0.595 e. The van der Waals surface area contributed by atoms with Crippen LogP contribution in [0.1, 0.15) is 24.8 Å². The minimum absolute atomic E-state index is 0.0714. The number of thioether (sulfide) groups is 1. The smallest absolute Gasteiger partial charge is 0.267 e. The fraction of sp³-hybridized carbons (Fsp3) is 0.375. The molecule has 0 radical (unpaired) electrons. The summed E-state index contributed by atoms with van der Waals surface area (Å²) in [5, 5.41) is 18.8. The summed E-state index contributed by atoms with van der Waals surface area (Å²) in [5.74, 6) is -0.0714. The molecule has 2 saturated heterocycles. The summed E-state index contributed by atoms with van der Waals surface area (Å²) >= 11 is 6.66. The Morgan fingerprint density at radius 1 is 1.25 bits per heavy atom. The van der Waals surface area contributed by atoms with Gasteiger partial charge < -0.3 is 5.21 Å². The molecule has 1 unspecified atom stereocenters. The molecule has 0 bridgehead atoms. The summed E-state index contributed by atoms with van der Waals surface area (Å²) in [7, 11) is 0. The second-order valence-electron chi connectivity index (χ2n) is 5.86. The fourth-order valence-corrected chi connectivity index (χ4v) is 4.04. The van der Waals surface area contributed by atoms with Gasteiger partial charge >= 0.3 is 0 Å². The van der Waals surface area contributed by atoms with Gasteiger partial charge in [-0.15, -0.1) is 0 Å². The number of rotatable bonds is 4. The van der Waals surface area contributed by atoms with Crippen LogP contribution in [0.25, 0.3) is 6.08 Å². The number of carbonyl (C=O) groups is 1. The van der Waals surface area contributed by atoms with Crippen molar-refractivity contribution in [1.29, 1.82) is 0 Å². The Morgan fingerprint density at radius 2 is 1.92 bits per heavy atom. The molecule has 2 heterocycles. The van der Waals surface area contributed by atoms with E-state index < -0.39 is 5.23 Å². The quantitative estimate of drug-likeness (QED) is 0.481. The number of nitrogens with zero attached hydrogens (tertiary/aromatic N) is 2. The topological polar surface area (TPSA) is 71.3 Å². The van der Waals surface area contributed by atoms with E-state index in [9.17, 15) is 10.0 Å². The van der Waals surface area contributed by atoms with Crippen molar-refractivity contribution in [2.75, 3.05) is 19.8 Å². The van der Waals surface area contributed by atoms with Crippen molar-refractivity contribution in [3.8, 4) is 0 Å². The Kier molecular flexibility index (Phi) is 5.65. The number of carbonyl (C=O) groups excluding carboxylic acids is 1. The van der Waals surface area contributed by atoms with Gasteiger partial charge in [0.15, 0.2) is 5.69 Å². The van der Waals surface area contributed by atoms with Crippen LogP contribution in [0.3, 0.4) is 0 Å². The van der Waals surface area contributed by atoms with E-state index in [2.05, 4.69) is 4.90 Å². The van der Waals surface area contributed by atoms with Crippen molar-refractivity contribution in [3.63, 3.8) is 0 Å². The van der Waals surface area contributed by atoms with E-state index in [1.165, 1.54) is 43.2 Å². The molecule has 2 N–H and O–H groups in total. The van der Waals surface area contributed by atoms with Crippen molar-refractivity contribution >= 4 is 46.0 Å². The van der Waals surface area contributed by atoms with E-state index in [0.29, 0.717) is 15.9 Å². The number of nitrogens with one attached hydrogen (secondary N) is 1. The predicted molar refractivity (Wildman–Crippen MR) is 97.5 cm³/mol. The highest BCUT2D eigenvalue weighted by atomic mass is 32.2. The lowest BCUT2D eigenvalue weighted by molar-refractivity contribution is -0.991. The first-order chi connectivity index (χ1) is 11.5. The Labute approximate surface area is 150 Å². The van der Waals surface area contributed by atoms with Crippen LogP contribution < -0.4 is 5.23 Å². The molecular formula is C16H19N3O3S2. The summed E-state index contributed by atoms with van der Waals surface area (Å²) in [6, 6.07) is 6.45. The van der Waals surface area contributed by atoms with E-state index >= 15 is 0 Å². The number of amides is 1. The second kappa shape index (κ2) is 7.73. The summed E-state index contributed by atoms with van der Waals surface area (Å²) in [6.45, 7) is 2.57. The molecule has 3 rings (SSSR count). The van der Waals surface area contributed by atoms with Gasteiger partial charge in [0.2, 0.25) is 0 Å². The van der Waals surface area contributed by atoms with Crippen LogP contribution in [0.5, 0.6) is 0 Å². The summed E-state index contributed by atoms with van der Waals surface area (Å²) in [5.41, 5.74) is 1.02. The second-order valence-corrected chi connectivity index (χ2v) is 7.53. The molecule has 1 aromatic rings. The molecule has 0 aromatic heterocycles. The lowest BCUT2D eigenvalue weighted by Crippen LogP contribution is -2.99. The third-order valence-corrected chi connectivity index (χ3v) is 5.50. The van der Waals surface area contributed by atoms with Gasteiger partial charge in [0.25, 0.3) is 5.91 Å². The number of hydrogen-bond acceptors (Lipinski definition) is 6. The summed E-state index contributed by atoms with van der Waals surface area (Å²) in [4.78, 5) is 17.1. The van der Waals surface area contributed by atoms with Gasteiger partial charge in [-0.2, -0.15) is 5.23 Å². The van der Waals surface area contributed by atoms with Gasteiger partial charge in [0.05, 0.1) is 11.6 Å². The molecule has 128 valence electrons. The molecular weight excluding hydrogens is 346 g/mol. The Morgan fingerprint density at radius 3 is 2.54 bits per heavy atom. The molecule has 1 aromatic carbocycles. The Bertz CT molecular complexity index is 655. The Hall–Kier alpha value is -1.29. The first-order valence-electron chi connectivity index (χ1n) is 7.86. The van der Waals surface area contributed by atoms with Crippen molar-refractivity contribution in [2.45, 2.75) is 19.3 Å². The van der Waals surface area contributed by atoms with Crippen molar-refractivity contribution in [1.82, 2.24) is 9.80 Å². The van der Waals surface area contributed by atoms with E-state index in [4.69, 9.17) is 17.4 Å². The molecule has 1 amide bonds. The van der Waals surface area contributed by atoms with E-state index in [1.54, 1.807) is 23.1 Å². The number of thiocarbonyl (C=S) groups is 1. The lowest BCUT2D eigenvalue weighted by Gasteiger charge is -2.29. The molecule has 8 heteroatoms. The van der Waals surface area contributed by atoms with Crippen molar-refractivity contribution in [2.24, 2.45) is 0 Å². The van der Waals surface area contributed by atoms with E-state index in [-0.39, 0.29) is 11.6 Å². The number of benzene rings is 1. The van der Waals surface area contributed by atoms with Crippen LogP contribution in [0.15, 0.2) is 29.2 Å². The molecule has 0 spiro atoms. The molecule has 2 aliphatic rings. The number of likely N-dealkylation sites (tertiary alicyclic amines) is 1. The zero-order chi connectivity index (χ0) is 17.1. The molecule has 2 fully saturated rings. The third kappa shape index (κ3) is 4.02. The SMILES string of the molecule is O=C1C(=Cc2ccc([NH+]([O-])O)cc2)SC(=S)N1CN1CCCCC1. The Balaban J connectivity index is 1.70. The van der Waals surface area contributed by atoms with Crippen LogP contribution in [-0.2, 0) is 4.79 Å². The average molecular weight is 365 g/mol. The first-order valence-corrected chi connectivity index (χ1v) is 9.08. The molecule has 24 heavy (non-hydrogen) atoms. The average Bonchev–Trinajstić information content (AvgIpc) is 2.84. The van der Waals surface area contributed by atoms with Gasteiger partial charge in [-0.05, 0) is 49.7 Å². The predicted octanol–water partition coefficient (Wildman–Crippen LogP) is 1.73. The molecule has 0 saturated carbocycles. The van der Waals surface area contributed by atoms with Crippen LogP contribution in [0.4, 0.5) is 5.69 Å². The summed E-state index contributed by atoms with van der Waals surface area (Å²) in [6.07, 6.45) is 5.35. The van der Waals surface area contributed by atoms with Crippen LogP contribution in [-0.4, -0.2) is 45.0 Å². The van der Waals surface area contributed by atoms with Crippen LogP contribution >= 0.6 is 24.0 Å². The zero-order valence-corrected chi connectivity index (χ0v) is 14.7. The standard InChI is InChI=1S/C16H19N3O3S2/c20-15-14(10-12-4-6-13(7-5-12)19(21)22)24-16(23)18(15)11-17-8-2-1-3-9-17/h4-7,10,19,21H,1-3,8-9,11H2. The maximum atomic E-state index is 12.6. The maximum absolute atomic E-state index is 12.6. The van der Waals surface area contributed by atoms with E-state index in [0.717, 1.165) is 18.7 Å². The van der Waals surface area contributed by atoms with Gasteiger partial charge in [0.1, 0.15) is 4.32 Å². The minimum atomic E-state index is -0.964. The highest BCUT2D eigenvalue weighted by Crippen LogP contribution is 2.33. The number of quaternary nitrogens is 1. The maximum Gasteiger partial charge on any atom is 0.267 e. The summed E-state index contributed by atoms with van der Waals surface area (Å²) < 4.78 is 0.582. The number of piperidine rings is 1. The number of hydrogen-bond donors (Lipinski definition) is 2. The molecule has 0 aliphatic carbocycles. The third-order valence-electron chi connectivity index (χ3n) is 4.12. The first kappa shape index (κ1) is 17.5. The van der Waals surface area contributed by atoms with Gasteiger partial charge in [-0.1, -0.05) is 30.4 Å². The van der Waals surface area contributed by atoms with Gasteiger partial charge in [-0.25, -0.2) is 5.21 Å².